The molecule has 0 aliphatic carbocycles. The van der Waals surface area contributed by atoms with Gasteiger partial charge in [-0.25, -0.2) is 0 Å². The van der Waals surface area contributed by atoms with Gasteiger partial charge in [-0.2, -0.15) is 0 Å². The fourth-order valence-corrected chi connectivity index (χ4v) is 7.08. The lowest BCUT2D eigenvalue weighted by Crippen LogP contribution is -2.48. The van der Waals surface area contributed by atoms with Crippen molar-refractivity contribution in [2.24, 2.45) is 0 Å². The summed E-state index contributed by atoms with van der Waals surface area (Å²) in [5, 5.41) is 20.9. The van der Waals surface area contributed by atoms with Crippen LogP contribution in [0, 0.1) is 0 Å². The lowest BCUT2D eigenvalue weighted by molar-refractivity contribution is 0.0830. The van der Waals surface area contributed by atoms with E-state index in [1.807, 2.05) is 61.5 Å². The molecule has 0 unspecified atom stereocenters. The molecule has 0 radical (unpaired) electrons. The second-order valence-electron chi connectivity index (χ2n) is 10.9. The Morgan fingerprint density at radius 3 is 2.53 bits per heavy atom. The topological polar surface area (TPSA) is 136 Å². The first-order valence-electron chi connectivity index (χ1n) is 14.9. The van der Waals surface area contributed by atoms with Crippen molar-refractivity contribution < 1.29 is 28.5 Å². The Hall–Kier alpha value is -3.48. The normalized spacial score (nSPS) is 17.9. The summed E-state index contributed by atoms with van der Waals surface area (Å²) in [5.41, 5.74) is 3.67. The molecule has 0 saturated carbocycles. The summed E-state index contributed by atoms with van der Waals surface area (Å²) in [6.07, 6.45) is 1.15. The number of amides is 1. The molecular formula is C32H42N4O6S. The third-order valence-electron chi connectivity index (χ3n) is 7.60. The van der Waals surface area contributed by atoms with Crippen LogP contribution >= 0.6 is 10.8 Å². The molecule has 0 bridgehead atoms. The number of aliphatic hydroxyl groups is 1. The zero-order valence-electron chi connectivity index (χ0n) is 24.5. The first kappa shape index (κ1) is 31.0. The molecule has 2 aliphatic heterocycles. The van der Waals surface area contributed by atoms with Gasteiger partial charge in [-0.3, -0.25) is 18.2 Å². The predicted molar refractivity (Wildman–Crippen MR) is 171 cm³/mol. The van der Waals surface area contributed by atoms with Crippen LogP contribution in [0.5, 0.6) is 11.5 Å². The summed E-state index contributed by atoms with van der Waals surface area (Å²) in [5.74, 6) is 1.41. The van der Waals surface area contributed by atoms with Crippen molar-refractivity contribution in [3.63, 3.8) is 0 Å². The van der Waals surface area contributed by atoms with Crippen molar-refractivity contribution in [3.8, 4) is 11.5 Å². The van der Waals surface area contributed by atoms with E-state index in [9.17, 15) is 19.0 Å². The van der Waals surface area contributed by atoms with Gasteiger partial charge in [0.05, 0.1) is 23.6 Å². The minimum atomic E-state index is -2.96. The molecule has 1 amide bonds. The number of nitrogens with zero attached hydrogens (tertiary/aromatic N) is 1. The Bertz CT molecular complexity index is 1380. The first-order valence-corrected chi connectivity index (χ1v) is 16.5. The van der Waals surface area contributed by atoms with E-state index in [4.69, 9.17) is 9.47 Å². The van der Waals surface area contributed by atoms with Gasteiger partial charge in [0.15, 0.2) is 11.5 Å². The Morgan fingerprint density at radius 2 is 1.77 bits per heavy atom. The molecule has 2 heterocycles. The summed E-state index contributed by atoms with van der Waals surface area (Å²) in [4.78, 5) is 13.7. The molecule has 3 aromatic carbocycles. The molecule has 43 heavy (non-hydrogen) atoms. The van der Waals surface area contributed by atoms with E-state index in [1.165, 1.54) is 0 Å². The van der Waals surface area contributed by atoms with Crippen LogP contribution in [0.3, 0.4) is 0 Å². The minimum absolute atomic E-state index is 0.254. The van der Waals surface area contributed by atoms with Gasteiger partial charge in [-0.15, -0.1) is 10.8 Å². The number of nitrogens with one attached hydrogen (secondary N) is 3. The number of ether oxygens (including phenoxy) is 2. The molecule has 232 valence electrons. The Kier molecular flexibility index (Phi) is 10.3. The molecule has 11 heteroatoms. The van der Waals surface area contributed by atoms with Gasteiger partial charge in [0.2, 0.25) is 0 Å². The second-order valence-corrected chi connectivity index (χ2v) is 13.0. The molecular weight excluding hydrogens is 568 g/mol. The SMILES string of the molecule is CCNc1cc(C(=O)N[C@@H](Cc2ccccc2)[C@@H](O)CNCc2ccc3c(c2)OCCO3)cc(N2CCCCS2(O)O)c1. The summed E-state index contributed by atoms with van der Waals surface area (Å²) < 4.78 is 34.4. The van der Waals surface area contributed by atoms with Crippen LogP contribution in [-0.2, 0) is 13.0 Å². The van der Waals surface area contributed by atoms with E-state index in [1.54, 1.807) is 16.4 Å². The number of hydrogen-bond acceptors (Lipinski definition) is 9. The van der Waals surface area contributed by atoms with E-state index in [0.717, 1.165) is 29.7 Å². The number of aliphatic hydroxyl groups excluding tert-OH is 1. The second kappa shape index (κ2) is 14.3. The highest BCUT2D eigenvalue weighted by Crippen LogP contribution is 2.50. The van der Waals surface area contributed by atoms with Gasteiger partial charge in [0, 0.05) is 37.4 Å². The fourth-order valence-electron chi connectivity index (χ4n) is 5.41. The number of hydrogen-bond donors (Lipinski definition) is 6. The zero-order valence-corrected chi connectivity index (χ0v) is 25.3. The van der Waals surface area contributed by atoms with Gasteiger partial charge in [-0.05, 0) is 67.6 Å². The van der Waals surface area contributed by atoms with Crippen molar-refractivity contribution in [1.82, 2.24) is 10.6 Å². The Balaban J connectivity index is 1.31. The van der Waals surface area contributed by atoms with Crippen molar-refractivity contribution in [2.45, 2.75) is 44.9 Å². The summed E-state index contributed by atoms with van der Waals surface area (Å²) >= 11 is 0. The lowest BCUT2D eigenvalue weighted by atomic mass is 10.00. The van der Waals surface area contributed by atoms with E-state index < -0.39 is 22.9 Å². The van der Waals surface area contributed by atoms with Crippen LogP contribution in [0.1, 0.15) is 41.3 Å². The van der Waals surface area contributed by atoms with Crippen molar-refractivity contribution in [2.75, 3.05) is 48.2 Å². The highest BCUT2D eigenvalue weighted by molar-refractivity contribution is 8.25. The standard InChI is InChI=1S/C32H42N4O6S/c1-2-34-26-18-25(19-27(20-26)36-12-6-7-15-43(36,39)40)32(38)35-28(16-23-8-4-3-5-9-23)29(37)22-33-21-24-10-11-30-31(17-24)42-14-13-41-30/h3-5,8-11,17-20,28-29,33-34,37,39-40H,2,6-7,12-16,21-22H2,1H3,(H,35,38)/t28-,29-/m0/s1. The van der Waals surface area contributed by atoms with Gasteiger partial charge >= 0.3 is 0 Å². The summed E-state index contributed by atoms with van der Waals surface area (Å²) in [6, 6.07) is 20.2. The van der Waals surface area contributed by atoms with Crippen LogP contribution in [0.25, 0.3) is 0 Å². The average Bonchev–Trinajstić information content (AvgIpc) is 3.01. The highest BCUT2D eigenvalue weighted by atomic mass is 32.3. The van der Waals surface area contributed by atoms with Gasteiger partial charge < -0.3 is 30.5 Å². The average molecular weight is 611 g/mol. The smallest absolute Gasteiger partial charge is 0.251 e. The fraction of sp³-hybridized carbons (Fsp3) is 0.406. The van der Waals surface area contributed by atoms with Crippen LogP contribution in [0.15, 0.2) is 66.7 Å². The van der Waals surface area contributed by atoms with E-state index in [-0.39, 0.29) is 12.5 Å². The minimum Gasteiger partial charge on any atom is -0.486 e. The van der Waals surface area contributed by atoms with E-state index >= 15 is 0 Å². The number of anilines is 2. The molecule has 2 atom stereocenters. The van der Waals surface area contributed by atoms with Crippen LogP contribution in [-0.4, -0.2) is 70.9 Å². The largest absolute Gasteiger partial charge is 0.486 e. The molecule has 2 aliphatic rings. The Morgan fingerprint density at radius 1 is 0.977 bits per heavy atom. The van der Waals surface area contributed by atoms with E-state index in [0.29, 0.717) is 67.7 Å². The zero-order chi connectivity index (χ0) is 30.2. The summed E-state index contributed by atoms with van der Waals surface area (Å²) in [7, 11) is -2.96. The van der Waals surface area contributed by atoms with Crippen LogP contribution < -0.4 is 29.7 Å². The highest BCUT2D eigenvalue weighted by Gasteiger charge is 2.29. The van der Waals surface area contributed by atoms with Gasteiger partial charge in [0.1, 0.15) is 13.2 Å². The summed E-state index contributed by atoms with van der Waals surface area (Å²) in [6.45, 7) is 4.93. The Labute approximate surface area is 254 Å². The number of rotatable bonds is 12. The van der Waals surface area contributed by atoms with Gasteiger partial charge in [-0.1, -0.05) is 36.4 Å². The monoisotopic (exact) mass is 610 g/mol. The molecule has 1 fully saturated rings. The maximum atomic E-state index is 13.7. The molecule has 0 aromatic heterocycles. The van der Waals surface area contributed by atoms with E-state index in [2.05, 4.69) is 16.0 Å². The van der Waals surface area contributed by atoms with Crippen LogP contribution in [0.2, 0.25) is 0 Å². The van der Waals surface area contributed by atoms with Crippen LogP contribution in [0.4, 0.5) is 11.4 Å². The quantitative estimate of drug-likeness (QED) is 0.173. The molecule has 3 aromatic rings. The third kappa shape index (κ3) is 8.12. The maximum Gasteiger partial charge on any atom is 0.251 e. The predicted octanol–water partition coefficient (Wildman–Crippen LogP) is 4.65. The maximum absolute atomic E-state index is 13.7. The number of benzene rings is 3. The van der Waals surface area contributed by atoms with Crippen molar-refractivity contribution in [3.05, 3.63) is 83.4 Å². The molecule has 6 N–H and O–H groups in total. The van der Waals surface area contributed by atoms with Gasteiger partial charge in [0.25, 0.3) is 5.91 Å². The molecule has 5 rings (SSSR count). The number of fused-ring (bicyclic) bond motifs is 1. The number of carbonyl (C=O) groups is 1. The lowest BCUT2D eigenvalue weighted by Gasteiger charge is -2.47. The third-order valence-corrected chi connectivity index (χ3v) is 9.54. The van der Waals surface area contributed by atoms with Crippen molar-refractivity contribution in [1.29, 1.82) is 0 Å². The molecule has 1 saturated heterocycles. The molecule has 10 nitrogen and oxygen atoms in total. The first-order chi connectivity index (χ1) is 20.8. The molecule has 0 spiro atoms. The van der Waals surface area contributed by atoms with Crippen molar-refractivity contribution >= 4 is 28.1 Å². The number of carbonyl (C=O) groups excluding carboxylic acids is 1.